The van der Waals surface area contributed by atoms with E-state index in [-0.39, 0.29) is 11.9 Å². The predicted molar refractivity (Wildman–Crippen MR) is 60.5 cm³/mol. The summed E-state index contributed by atoms with van der Waals surface area (Å²) in [5.74, 6) is 0.0493. The van der Waals surface area contributed by atoms with Gasteiger partial charge < -0.3 is 10.1 Å². The number of halogens is 1. The van der Waals surface area contributed by atoms with Crippen molar-refractivity contribution < 1.29 is 9.53 Å². The molecule has 0 aromatic heterocycles. The molecule has 0 saturated carbocycles. The van der Waals surface area contributed by atoms with Crippen LogP contribution in [0.25, 0.3) is 0 Å². The molecule has 0 radical (unpaired) electrons. The van der Waals surface area contributed by atoms with Gasteiger partial charge in [0.05, 0.1) is 19.3 Å². The van der Waals surface area contributed by atoms with Crippen LogP contribution in [-0.2, 0) is 9.53 Å². The highest BCUT2D eigenvalue weighted by molar-refractivity contribution is 9.10. The molecule has 2 rings (SSSR count). The summed E-state index contributed by atoms with van der Waals surface area (Å²) in [6.45, 7) is 1.04. The zero-order valence-corrected chi connectivity index (χ0v) is 9.79. The minimum atomic E-state index is -0.0458. The Hall–Kier alpha value is -0.870. The fraction of sp³-hybridized carbons (Fsp3) is 0.364. The number of ether oxygens (including phenoxy) is 1. The van der Waals surface area contributed by atoms with Crippen LogP contribution in [0.5, 0.6) is 0 Å². The average molecular weight is 270 g/mol. The molecule has 4 heteroatoms. The number of hydrogen-bond donors (Lipinski definition) is 1. The maximum atomic E-state index is 11.4. The van der Waals surface area contributed by atoms with Crippen LogP contribution >= 0.6 is 15.9 Å². The van der Waals surface area contributed by atoms with Gasteiger partial charge in [0, 0.05) is 10.9 Å². The Balaban J connectivity index is 2.22. The van der Waals surface area contributed by atoms with E-state index in [9.17, 15) is 4.79 Å². The lowest BCUT2D eigenvalue weighted by atomic mass is 10.1. The number of rotatable bonds is 1. The van der Waals surface area contributed by atoms with E-state index in [1.54, 1.807) is 0 Å². The summed E-state index contributed by atoms with van der Waals surface area (Å²) in [6.07, 6.45) is 0.445. The van der Waals surface area contributed by atoms with Crippen molar-refractivity contribution in [2.45, 2.75) is 12.5 Å². The summed E-state index contributed by atoms with van der Waals surface area (Å²) in [5, 5.41) is 2.94. The van der Waals surface area contributed by atoms with E-state index in [0.717, 1.165) is 10.0 Å². The number of hydrogen-bond acceptors (Lipinski definition) is 2. The first-order chi connectivity index (χ1) is 7.27. The average Bonchev–Trinajstić information content (AvgIpc) is 2.43. The van der Waals surface area contributed by atoms with Gasteiger partial charge in [0.1, 0.15) is 0 Å². The zero-order valence-electron chi connectivity index (χ0n) is 8.20. The van der Waals surface area contributed by atoms with Crippen molar-refractivity contribution >= 4 is 21.8 Å². The summed E-state index contributed by atoms with van der Waals surface area (Å²) in [5.41, 5.74) is 1.06. The van der Waals surface area contributed by atoms with Crippen LogP contribution in [0.3, 0.4) is 0 Å². The molecule has 1 saturated heterocycles. The smallest absolute Gasteiger partial charge is 0.222 e. The molecule has 1 aromatic rings. The second kappa shape index (κ2) is 4.77. The Morgan fingerprint density at radius 2 is 2.20 bits per heavy atom. The summed E-state index contributed by atoms with van der Waals surface area (Å²) in [4.78, 5) is 11.4. The summed E-state index contributed by atoms with van der Waals surface area (Å²) >= 11 is 3.47. The van der Waals surface area contributed by atoms with Crippen molar-refractivity contribution in [3.63, 3.8) is 0 Å². The Kier molecular flexibility index (Phi) is 3.38. The van der Waals surface area contributed by atoms with Gasteiger partial charge in [-0.05, 0) is 11.6 Å². The third-order valence-corrected chi connectivity index (χ3v) is 3.10. The quantitative estimate of drug-likeness (QED) is 0.847. The third kappa shape index (κ3) is 2.58. The molecule has 1 aliphatic heterocycles. The van der Waals surface area contributed by atoms with E-state index in [1.165, 1.54) is 0 Å². The van der Waals surface area contributed by atoms with Crippen molar-refractivity contribution in [2.75, 3.05) is 13.2 Å². The first-order valence-electron chi connectivity index (χ1n) is 4.89. The number of carbonyl (C=O) groups is 1. The van der Waals surface area contributed by atoms with Crippen LogP contribution in [0.15, 0.2) is 28.7 Å². The molecule has 1 unspecified atom stereocenters. The molecule has 1 heterocycles. The van der Waals surface area contributed by atoms with E-state index >= 15 is 0 Å². The minimum Gasteiger partial charge on any atom is -0.378 e. The van der Waals surface area contributed by atoms with E-state index in [0.29, 0.717) is 19.6 Å². The maximum absolute atomic E-state index is 11.4. The van der Waals surface area contributed by atoms with Gasteiger partial charge in [0.25, 0.3) is 0 Å². The fourth-order valence-corrected chi connectivity index (χ4v) is 2.16. The Labute approximate surface area is 96.9 Å². The molecule has 1 amide bonds. The highest BCUT2D eigenvalue weighted by atomic mass is 79.9. The van der Waals surface area contributed by atoms with Crippen molar-refractivity contribution in [3.8, 4) is 0 Å². The maximum Gasteiger partial charge on any atom is 0.222 e. The van der Waals surface area contributed by atoms with E-state index in [1.807, 2.05) is 24.3 Å². The molecule has 3 nitrogen and oxygen atoms in total. The number of benzene rings is 1. The van der Waals surface area contributed by atoms with E-state index < -0.39 is 0 Å². The fourth-order valence-electron chi connectivity index (χ4n) is 1.60. The van der Waals surface area contributed by atoms with Crippen LogP contribution in [0, 0.1) is 0 Å². The second-order valence-electron chi connectivity index (χ2n) is 3.47. The SMILES string of the molecule is O=C1CCOCC(c2ccccc2Br)N1. The third-order valence-electron chi connectivity index (χ3n) is 2.37. The number of amides is 1. The van der Waals surface area contributed by atoms with Crippen LogP contribution in [0.2, 0.25) is 0 Å². The molecule has 1 fully saturated rings. The highest BCUT2D eigenvalue weighted by Gasteiger charge is 2.19. The predicted octanol–water partition coefficient (Wildman–Crippen LogP) is 2.03. The van der Waals surface area contributed by atoms with Gasteiger partial charge in [-0.15, -0.1) is 0 Å². The van der Waals surface area contributed by atoms with Crippen LogP contribution in [0.4, 0.5) is 0 Å². The van der Waals surface area contributed by atoms with Gasteiger partial charge in [-0.1, -0.05) is 34.1 Å². The van der Waals surface area contributed by atoms with Crippen LogP contribution < -0.4 is 5.32 Å². The Morgan fingerprint density at radius 1 is 1.40 bits per heavy atom. The lowest BCUT2D eigenvalue weighted by Gasteiger charge is -2.16. The van der Waals surface area contributed by atoms with Gasteiger partial charge in [-0.2, -0.15) is 0 Å². The van der Waals surface area contributed by atoms with E-state index in [2.05, 4.69) is 21.2 Å². The summed E-state index contributed by atoms with van der Waals surface area (Å²) < 4.78 is 6.38. The van der Waals surface area contributed by atoms with Crippen LogP contribution in [0.1, 0.15) is 18.0 Å². The van der Waals surface area contributed by atoms with Gasteiger partial charge >= 0.3 is 0 Å². The first kappa shape index (κ1) is 10.6. The highest BCUT2D eigenvalue weighted by Crippen LogP contribution is 2.24. The molecule has 0 bridgehead atoms. The molecular weight excluding hydrogens is 258 g/mol. The van der Waals surface area contributed by atoms with Crippen LogP contribution in [-0.4, -0.2) is 19.1 Å². The zero-order chi connectivity index (χ0) is 10.7. The van der Waals surface area contributed by atoms with Crippen molar-refractivity contribution in [1.82, 2.24) is 5.32 Å². The first-order valence-corrected chi connectivity index (χ1v) is 5.68. The molecule has 1 N–H and O–H groups in total. The molecular formula is C11H12BrNO2. The summed E-state index contributed by atoms with van der Waals surface area (Å²) in [7, 11) is 0. The van der Waals surface area contributed by atoms with Gasteiger partial charge in [0.15, 0.2) is 0 Å². The lowest BCUT2D eigenvalue weighted by molar-refractivity contribution is -0.121. The summed E-state index contributed by atoms with van der Waals surface area (Å²) in [6, 6.07) is 7.82. The minimum absolute atomic E-state index is 0.0458. The number of nitrogens with one attached hydrogen (secondary N) is 1. The normalized spacial score (nSPS) is 21.9. The molecule has 80 valence electrons. The second-order valence-corrected chi connectivity index (χ2v) is 4.32. The van der Waals surface area contributed by atoms with E-state index in [4.69, 9.17) is 4.74 Å². The topological polar surface area (TPSA) is 38.3 Å². The number of carbonyl (C=O) groups excluding carboxylic acids is 1. The molecule has 1 aliphatic rings. The molecule has 0 aliphatic carbocycles. The molecule has 0 spiro atoms. The van der Waals surface area contributed by atoms with Crippen molar-refractivity contribution in [1.29, 1.82) is 0 Å². The van der Waals surface area contributed by atoms with Crippen molar-refractivity contribution in [3.05, 3.63) is 34.3 Å². The molecule has 15 heavy (non-hydrogen) atoms. The molecule has 1 atom stereocenters. The Morgan fingerprint density at radius 3 is 3.00 bits per heavy atom. The standard InChI is InChI=1S/C11H12BrNO2/c12-9-4-2-1-3-8(9)10-7-15-6-5-11(14)13-10/h1-4,10H,5-7H2,(H,13,14). The van der Waals surface area contributed by atoms with Gasteiger partial charge in [-0.25, -0.2) is 0 Å². The monoisotopic (exact) mass is 269 g/mol. The van der Waals surface area contributed by atoms with Gasteiger partial charge in [-0.3, -0.25) is 4.79 Å². The van der Waals surface area contributed by atoms with Crippen molar-refractivity contribution in [2.24, 2.45) is 0 Å². The lowest BCUT2D eigenvalue weighted by Crippen LogP contribution is -2.28. The Bertz CT molecular complexity index is 367. The van der Waals surface area contributed by atoms with Gasteiger partial charge in [0.2, 0.25) is 5.91 Å². The molecule has 1 aromatic carbocycles. The largest absolute Gasteiger partial charge is 0.378 e.